The summed E-state index contributed by atoms with van der Waals surface area (Å²) >= 11 is 2.01. The minimum atomic E-state index is -0.0926. The quantitative estimate of drug-likeness (QED) is 0.903. The number of thioether (sulfide) groups is 1. The van der Waals surface area contributed by atoms with Crippen LogP contribution >= 0.6 is 11.8 Å². The van der Waals surface area contributed by atoms with Gasteiger partial charge < -0.3 is 10.2 Å². The lowest BCUT2D eigenvalue weighted by Gasteiger charge is -2.35. The molecule has 0 spiro atoms. The molecule has 0 saturated carbocycles. The van der Waals surface area contributed by atoms with Crippen LogP contribution in [-0.4, -0.2) is 29.6 Å². The van der Waals surface area contributed by atoms with Gasteiger partial charge in [0.2, 0.25) is 0 Å². The first-order chi connectivity index (χ1) is 9.90. The first-order valence-corrected chi connectivity index (χ1v) is 8.84. The van der Waals surface area contributed by atoms with Gasteiger partial charge in [-0.05, 0) is 38.8 Å². The summed E-state index contributed by atoms with van der Waals surface area (Å²) in [4.78, 5) is 2.24. The molecule has 21 heavy (non-hydrogen) atoms. The number of halogens is 1. The summed E-state index contributed by atoms with van der Waals surface area (Å²) in [6.07, 6.45) is 1.14. The molecule has 2 rings (SSSR count). The van der Waals surface area contributed by atoms with Gasteiger partial charge in [0.05, 0.1) is 5.69 Å². The van der Waals surface area contributed by atoms with Gasteiger partial charge in [0.25, 0.3) is 0 Å². The third-order valence-electron chi connectivity index (χ3n) is 3.79. The fourth-order valence-corrected chi connectivity index (χ4v) is 3.77. The first-order valence-electron chi connectivity index (χ1n) is 7.79. The average Bonchev–Trinajstić information content (AvgIpc) is 2.44. The normalized spacial score (nSPS) is 19.9. The summed E-state index contributed by atoms with van der Waals surface area (Å²) in [7, 11) is 0. The van der Waals surface area contributed by atoms with Crippen LogP contribution in [0.4, 0.5) is 10.1 Å². The van der Waals surface area contributed by atoms with Crippen molar-refractivity contribution >= 4 is 17.4 Å². The van der Waals surface area contributed by atoms with Gasteiger partial charge >= 0.3 is 0 Å². The number of anilines is 1. The van der Waals surface area contributed by atoms with Crippen molar-refractivity contribution in [3.05, 3.63) is 29.6 Å². The van der Waals surface area contributed by atoms with E-state index in [1.807, 2.05) is 23.9 Å². The van der Waals surface area contributed by atoms with E-state index in [0.717, 1.165) is 36.5 Å². The minimum absolute atomic E-state index is 0.0350. The molecule has 1 heterocycles. The summed E-state index contributed by atoms with van der Waals surface area (Å²) in [5.41, 5.74) is 1.90. The topological polar surface area (TPSA) is 15.3 Å². The molecule has 1 fully saturated rings. The number of para-hydroxylation sites is 1. The van der Waals surface area contributed by atoms with Gasteiger partial charge in [-0.3, -0.25) is 0 Å². The Morgan fingerprint density at radius 3 is 2.81 bits per heavy atom. The van der Waals surface area contributed by atoms with Gasteiger partial charge in [-0.1, -0.05) is 19.1 Å². The molecule has 0 radical (unpaired) electrons. The Bertz CT molecular complexity index is 470. The standard InChI is InChI=1S/C17H27FN2S/c1-5-14-12-20(9-10-21-14)16-13(7-6-8-15(16)18)11-19-17(2,3)4/h6-8,14,19H,5,9-12H2,1-4H3. The summed E-state index contributed by atoms with van der Waals surface area (Å²) in [6.45, 7) is 11.2. The molecule has 2 nitrogen and oxygen atoms in total. The highest BCUT2D eigenvalue weighted by molar-refractivity contribution is 8.00. The Hall–Kier alpha value is -0.740. The molecule has 1 unspecified atom stereocenters. The second-order valence-corrected chi connectivity index (χ2v) is 8.11. The minimum Gasteiger partial charge on any atom is -0.367 e. The Labute approximate surface area is 132 Å². The molecule has 1 aliphatic heterocycles. The van der Waals surface area contributed by atoms with Gasteiger partial charge in [-0.15, -0.1) is 0 Å². The number of hydrogen-bond acceptors (Lipinski definition) is 3. The van der Waals surface area contributed by atoms with Gasteiger partial charge in [0, 0.05) is 36.2 Å². The highest BCUT2D eigenvalue weighted by atomic mass is 32.2. The molecule has 1 aromatic rings. The molecule has 4 heteroatoms. The van der Waals surface area contributed by atoms with Gasteiger partial charge in [-0.2, -0.15) is 11.8 Å². The number of nitrogens with one attached hydrogen (secondary N) is 1. The number of nitrogens with zero attached hydrogens (tertiary/aromatic N) is 1. The lowest BCUT2D eigenvalue weighted by Crippen LogP contribution is -2.40. The van der Waals surface area contributed by atoms with Gasteiger partial charge in [0.1, 0.15) is 5.82 Å². The largest absolute Gasteiger partial charge is 0.367 e. The summed E-state index contributed by atoms with van der Waals surface area (Å²) in [5, 5.41) is 4.08. The first kappa shape index (κ1) is 16.6. The van der Waals surface area contributed by atoms with E-state index in [4.69, 9.17) is 0 Å². The number of rotatable bonds is 4. The zero-order valence-corrected chi connectivity index (χ0v) is 14.4. The second kappa shape index (κ2) is 7.01. The summed E-state index contributed by atoms with van der Waals surface area (Å²) in [5.74, 6) is 0.990. The van der Waals surface area contributed by atoms with E-state index < -0.39 is 0 Å². The van der Waals surface area contributed by atoms with Crippen LogP contribution in [0, 0.1) is 5.82 Å². The maximum absolute atomic E-state index is 14.4. The van der Waals surface area contributed by atoms with Crippen LogP contribution in [0.5, 0.6) is 0 Å². The average molecular weight is 310 g/mol. The van der Waals surface area contributed by atoms with Crippen molar-refractivity contribution in [1.82, 2.24) is 5.32 Å². The molecule has 1 aliphatic rings. The van der Waals surface area contributed by atoms with E-state index in [1.54, 1.807) is 6.07 Å². The highest BCUT2D eigenvalue weighted by Crippen LogP contribution is 2.30. The van der Waals surface area contributed by atoms with E-state index in [0.29, 0.717) is 11.8 Å². The van der Waals surface area contributed by atoms with Gasteiger partial charge in [-0.25, -0.2) is 4.39 Å². The van der Waals surface area contributed by atoms with Crippen LogP contribution in [0.3, 0.4) is 0 Å². The van der Waals surface area contributed by atoms with Crippen LogP contribution in [0.1, 0.15) is 39.7 Å². The SMILES string of the molecule is CCC1CN(c2c(F)cccc2CNC(C)(C)C)CCS1. The van der Waals surface area contributed by atoms with E-state index in [9.17, 15) is 4.39 Å². The fourth-order valence-electron chi connectivity index (χ4n) is 2.59. The molecule has 1 saturated heterocycles. The number of hydrogen-bond donors (Lipinski definition) is 1. The van der Waals surface area contributed by atoms with Crippen LogP contribution < -0.4 is 10.2 Å². The smallest absolute Gasteiger partial charge is 0.146 e. The van der Waals surface area contributed by atoms with Crippen molar-refractivity contribution in [3.8, 4) is 0 Å². The van der Waals surface area contributed by atoms with Crippen molar-refractivity contribution in [2.75, 3.05) is 23.7 Å². The van der Waals surface area contributed by atoms with Crippen LogP contribution in [-0.2, 0) is 6.54 Å². The molecule has 1 aromatic carbocycles. The molecule has 0 bridgehead atoms. The Morgan fingerprint density at radius 1 is 1.38 bits per heavy atom. The molecular weight excluding hydrogens is 283 g/mol. The molecular formula is C17H27FN2S. The molecule has 0 amide bonds. The lowest BCUT2D eigenvalue weighted by molar-refractivity contribution is 0.423. The van der Waals surface area contributed by atoms with Crippen molar-refractivity contribution in [1.29, 1.82) is 0 Å². The Balaban J connectivity index is 2.21. The van der Waals surface area contributed by atoms with Crippen molar-refractivity contribution in [2.24, 2.45) is 0 Å². The summed E-state index contributed by atoms with van der Waals surface area (Å²) in [6, 6.07) is 5.44. The predicted molar refractivity (Wildman–Crippen MR) is 91.7 cm³/mol. The zero-order valence-electron chi connectivity index (χ0n) is 13.6. The van der Waals surface area contributed by atoms with Gasteiger partial charge in [0.15, 0.2) is 0 Å². The molecule has 0 aromatic heterocycles. The lowest BCUT2D eigenvalue weighted by atomic mass is 10.1. The molecule has 0 aliphatic carbocycles. The maximum Gasteiger partial charge on any atom is 0.146 e. The maximum atomic E-state index is 14.4. The third-order valence-corrected chi connectivity index (χ3v) is 5.16. The monoisotopic (exact) mass is 310 g/mol. The molecule has 1 N–H and O–H groups in total. The van der Waals surface area contributed by atoms with Crippen LogP contribution in [0.2, 0.25) is 0 Å². The third kappa shape index (κ3) is 4.62. The summed E-state index contributed by atoms with van der Waals surface area (Å²) < 4.78 is 14.4. The Kier molecular flexibility index (Phi) is 5.55. The zero-order chi connectivity index (χ0) is 15.5. The Morgan fingerprint density at radius 2 is 2.14 bits per heavy atom. The van der Waals surface area contributed by atoms with E-state index in [-0.39, 0.29) is 11.4 Å². The van der Waals surface area contributed by atoms with Crippen molar-refractivity contribution in [2.45, 2.75) is 51.4 Å². The molecule has 118 valence electrons. The van der Waals surface area contributed by atoms with E-state index in [2.05, 4.69) is 37.9 Å². The van der Waals surface area contributed by atoms with Crippen LogP contribution in [0.25, 0.3) is 0 Å². The van der Waals surface area contributed by atoms with E-state index in [1.165, 1.54) is 0 Å². The van der Waals surface area contributed by atoms with Crippen LogP contribution in [0.15, 0.2) is 18.2 Å². The number of benzene rings is 1. The van der Waals surface area contributed by atoms with E-state index >= 15 is 0 Å². The van der Waals surface area contributed by atoms with Crippen molar-refractivity contribution in [3.63, 3.8) is 0 Å². The highest BCUT2D eigenvalue weighted by Gasteiger charge is 2.23. The molecule has 1 atom stereocenters. The van der Waals surface area contributed by atoms with Crippen molar-refractivity contribution < 1.29 is 4.39 Å². The fraction of sp³-hybridized carbons (Fsp3) is 0.647. The predicted octanol–water partition coefficient (Wildman–Crippen LogP) is 4.05. The second-order valence-electron chi connectivity index (χ2n) is 6.70.